The van der Waals surface area contributed by atoms with Gasteiger partial charge < -0.3 is 10.8 Å². The highest BCUT2D eigenvalue weighted by Gasteiger charge is 2.38. The van der Waals surface area contributed by atoms with E-state index in [0.717, 1.165) is 12.0 Å². The smallest absolute Gasteiger partial charge is 0.150 e. The van der Waals surface area contributed by atoms with Gasteiger partial charge in [-0.1, -0.05) is 12.1 Å². The third-order valence-corrected chi connectivity index (χ3v) is 5.57. The summed E-state index contributed by atoms with van der Waals surface area (Å²) < 4.78 is 23.3. The first-order valence-electron chi connectivity index (χ1n) is 6.10. The monoisotopic (exact) mass is 269 g/mol. The van der Waals surface area contributed by atoms with Crippen molar-refractivity contribution < 1.29 is 13.5 Å². The van der Waals surface area contributed by atoms with Crippen LogP contribution in [0.1, 0.15) is 25.3 Å². The molecule has 0 radical (unpaired) electrons. The number of hydrogen-bond acceptors (Lipinski definition) is 4. The summed E-state index contributed by atoms with van der Waals surface area (Å²) in [6.07, 6.45) is 1.36. The Kier molecular flexibility index (Phi) is 3.38. The highest BCUT2D eigenvalue weighted by Crippen LogP contribution is 2.36. The molecule has 2 rings (SSSR count). The molecule has 4 nitrogen and oxygen atoms in total. The first-order chi connectivity index (χ1) is 8.31. The maximum absolute atomic E-state index is 11.7. The minimum atomic E-state index is -3.02. The molecule has 0 bridgehead atoms. The second kappa shape index (κ2) is 4.55. The Morgan fingerprint density at radius 1 is 1.33 bits per heavy atom. The second-order valence-electron chi connectivity index (χ2n) is 5.22. The molecule has 1 saturated heterocycles. The van der Waals surface area contributed by atoms with E-state index in [9.17, 15) is 13.5 Å². The highest BCUT2D eigenvalue weighted by atomic mass is 32.2. The van der Waals surface area contributed by atoms with Gasteiger partial charge in [-0.2, -0.15) is 0 Å². The van der Waals surface area contributed by atoms with Crippen LogP contribution in [0.25, 0.3) is 0 Å². The zero-order chi connectivity index (χ0) is 13.4. The lowest BCUT2D eigenvalue weighted by Crippen LogP contribution is -2.40. The lowest BCUT2D eigenvalue weighted by molar-refractivity contribution is -0.00213. The van der Waals surface area contributed by atoms with Crippen LogP contribution >= 0.6 is 0 Å². The standard InChI is InChI=1S/C13H19NO3S/c1-13(15,10-4-6-12(14)7-5-10)11-3-2-8-18(16,17)9-11/h4-7,11,15H,2-3,8-9,14H2,1H3. The van der Waals surface area contributed by atoms with E-state index < -0.39 is 15.4 Å². The third-order valence-electron chi connectivity index (χ3n) is 3.75. The fraction of sp³-hybridized carbons (Fsp3) is 0.538. The summed E-state index contributed by atoms with van der Waals surface area (Å²) in [7, 11) is -3.02. The lowest BCUT2D eigenvalue weighted by Gasteiger charge is -2.35. The number of aliphatic hydroxyl groups is 1. The minimum Gasteiger partial charge on any atom is -0.399 e. The van der Waals surface area contributed by atoms with Gasteiger partial charge in [0, 0.05) is 11.6 Å². The summed E-state index contributed by atoms with van der Waals surface area (Å²) in [5.41, 5.74) is 5.84. The Balaban J connectivity index is 2.27. The summed E-state index contributed by atoms with van der Waals surface area (Å²) in [4.78, 5) is 0. The predicted octanol–water partition coefficient (Wildman–Crippen LogP) is 1.30. The van der Waals surface area contributed by atoms with Gasteiger partial charge in [0.15, 0.2) is 9.84 Å². The van der Waals surface area contributed by atoms with Gasteiger partial charge in [0.2, 0.25) is 0 Å². The van der Waals surface area contributed by atoms with Crippen molar-refractivity contribution in [1.82, 2.24) is 0 Å². The number of hydrogen-bond donors (Lipinski definition) is 2. The normalized spacial score (nSPS) is 26.4. The molecule has 3 N–H and O–H groups in total. The number of nitrogen functional groups attached to an aromatic ring is 1. The van der Waals surface area contributed by atoms with E-state index in [1.165, 1.54) is 0 Å². The lowest BCUT2D eigenvalue weighted by atomic mass is 9.81. The van der Waals surface area contributed by atoms with Gasteiger partial charge in [-0.25, -0.2) is 8.42 Å². The molecule has 2 atom stereocenters. The Morgan fingerprint density at radius 2 is 1.94 bits per heavy atom. The topological polar surface area (TPSA) is 80.4 Å². The molecule has 0 spiro atoms. The fourth-order valence-electron chi connectivity index (χ4n) is 2.52. The number of rotatable bonds is 2. The zero-order valence-electron chi connectivity index (χ0n) is 10.5. The molecule has 5 heteroatoms. The molecule has 1 aliphatic rings. The molecular formula is C13H19NO3S. The summed E-state index contributed by atoms with van der Waals surface area (Å²) in [5, 5.41) is 10.6. The number of anilines is 1. The number of benzene rings is 1. The summed E-state index contributed by atoms with van der Waals surface area (Å²) >= 11 is 0. The van der Waals surface area contributed by atoms with Crippen LogP contribution in [0.3, 0.4) is 0 Å². The van der Waals surface area contributed by atoms with Gasteiger partial charge in [0.05, 0.1) is 17.1 Å². The Hall–Kier alpha value is -1.07. The first kappa shape index (κ1) is 13.4. The van der Waals surface area contributed by atoms with Crippen LogP contribution in [0.5, 0.6) is 0 Å². The van der Waals surface area contributed by atoms with Gasteiger partial charge >= 0.3 is 0 Å². The zero-order valence-corrected chi connectivity index (χ0v) is 11.3. The average molecular weight is 269 g/mol. The van der Waals surface area contributed by atoms with Gasteiger partial charge in [-0.05, 0) is 37.5 Å². The second-order valence-corrected chi connectivity index (χ2v) is 7.45. The molecule has 1 heterocycles. The van der Waals surface area contributed by atoms with Crippen molar-refractivity contribution in [2.24, 2.45) is 5.92 Å². The van der Waals surface area contributed by atoms with E-state index >= 15 is 0 Å². The van der Waals surface area contributed by atoms with E-state index in [-0.39, 0.29) is 17.4 Å². The Morgan fingerprint density at radius 3 is 2.50 bits per heavy atom. The van der Waals surface area contributed by atoms with Crippen LogP contribution in [-0.2, 0) is 15.4 Å². The van der Waals surface area contributed by atoms with Crippen LogP contribution in [0.2, 0.25) is 0 Å². The SMILES string of the molecule is CC(O)(c1ccc(N)cc1)C1CCCS(=O)(=O)C1. The number of nitrogens with two attached hydrogens (primary N) is 1. The molecule has 0 saturated carbocycles. The van der Waals surface area contributed by atoms with Crippen LogP contribution in [0.15, 0.2) is 24.3 Å². The number of sulfone groups is 1. The van der Waals surface area contributed by atoms with Crippen LogP contribution in [0, 0.1) is 5.92 Å². The van der Waals surface area contributed by atoms with Crippen molar-refractivity contribution in [2.45, 2.75) is 25.4 Å². The predicted molar refractivity (Wildman–Crippen MR) is 71.8 cm³/mol. The Bertz CT molecular complexity index is 520. The molecule has 0 amide bonds. The summed E-state index contributed by atoms with van der Waals surface area (Å²) in [6, 6.07) is 6.97. The van der Waals surface area contributed by atoms with Gasteiger partial charge in [-0.15, -0.1) is 0 Å². The quantitative estimate of drug-likeness (QED) is 0.793. The van der Waals surface area contributed by atoms with Crippen LogP contribution in [0.4, 0.5) is 5.69 Å². The van der Waals surface area contributed by atoms with Crippen molar-refractivity contribution in [3.05, 3.63) is 29.8 Å². The largest absolute Gasteiger partial charge is 0.399 e. The molecule has 100 valence electrons. The molecule has 1 aromatic carbocycles. The van der Waals surface area contributed by atoms with Crippen molar-refractivity contribution in [3.63, 3.8) is 0 Å². The molecule has 18 heavy (non-hydrogen) atoms. The van der Waals surface area contributed by atoms with Gasteiger partial charge in [-0.3, -0.25) is 0 Å². The van der Waals surface area contributed by atoms with E-state index in [2.05, 4.69) is 0 Å². The minimum absolute atomic E-state index is 0.0599. The summed E-state index contributed by atoms with van der Waals surface area (Å²) in [5.74, 6) is 0.0472. The van der Waals surface area contributed by atoms with Gasteiger partial charge in [0.25, 0.3) is 0 Å². The van der Waals surface area contributed by atoms with Crippen molar-refractivity contribution in [1.29, 1.82) is 0 Å². The van der Waals surface area contributed by atoms with Crippen LogP contribution < -0.4 is 5.73 Å². The first-order valence-corrected chi connectivity index (χ1v) is 7.92. The third kappa shape index (κ3) is 2.67. The average Bonchev–Trinajstić information content (AvgIpc) is 2.28. The maximum atomic E-state index is 11.7. The highest BCUT2D eigenvalue weighted by molar-refractivity contribution is 7.91. The molecule has 1 fully saturated rings. The molecule has 1 aromatic rings. The van der Waals surface area contributed by atoms with Crippen molar-refractivity contribution >= 4 is 15.5 Å². The molecule has 2 unspecified atom stereocenters. The molecule has 1 aliphatic heterocycles. The van der Waals surface area contributed by atoms with Crippen molar-refractivity contribution in [2.75, 3.05) is 17.2 Å². The van der Waals surface area contributed by atoms with E-state index in [1.807, 2.05) is 0 Å². The van der Waals surface area contributed by atoms with E-state index in [0.29, 0.717) is 12.1 Å². The van der Waals surface area contributed by atoms with Crippen molar-refractivity contribution in [3.8, 4) is 0 Å². The molecule has 0 aromatic heterocycles. The van der Waals surface area contributed by atoms with Crippen LogP contribution in [-0.4, -0.2) is 25.0 Å². The van der Waals surface area contributed by atoms with E-state index in [1.54, 1.807) is 31.2 Å². The Labute approximate surface area is 108 Å². The maximum Gasteiger partial charge on any atom is 0.150 e. The summed E-state index contributed by atoms with van der Waals surface area (Å²) in [6.45, 7) is 1.68. The van der Waals surface area contributed by atoms with E-state index in [4.69, 9.17) is 5.73 Å². The fourth-order valence-corrected chi connectivity index (χ4v) is 4.40. The van der Waals surface area contributed by atoms with Gasteiger partial charge in [0.1, 0.15) is 0 Å². The molecular weight excluding hydrogens is 250 g/mol. The molecule has 0 aliphatic carbocycles.